The van der Waals surface area contributed by atoms with Crippen molar-refractivity contribution in [3.63, 3.8) is 0 Å². The second-order valence-electron chi connectivity index (χ2n) is 4.31. The molecule has 2 heterocycles. The van der Waals surface area contributed by atoms with Crippen molar-refractivity contribution in [1.29, 1.82) is 0 Å². The molecule has 0 aliphatic carbocycles. The fourth-order valence-corrected chi connectivity index (χ4v) is 2.89. The fourth-order valence-electron chi connectivity index (χ4n) is 1.71. The molecule has 0 bridgehead atoms. The third-order valence-electron chi connectivity index (χ3n) is 2.86. The molecule has 0 fully saturated rings. The summed E-state index contributed by atoms with van der Waals surface area (Å²) in [4.78, 5) is 8.01. The third kappa shape index (κ3) is 3.38. The van der Waals surface area contributed by atoms with Crippen LogP contribution in [0.1, 0.15) is 24.2 Å². The van der Waals surface area contributed by atoms with Crippen molar-refractivity contribution in [2.75, 3.05) is 0 Å². The maximum Gasteiger partial charge on any atom is 0.242 e. The molecule has 1 unspecified atom stereocenters. The lowest BCUT2D eigenvalue weighted by Gasteiger charge is -2.14. The molecule has 2 aromatic rings. The van der Waals surface area contributed by atoms with Gasteiger partial charge in [0, 0.05) is 31.2 Å². The molecule has 0 aliphatic heterocycles. The summed E-state index contributed by atoms with van der Waals surface area (Å²) in [6.07, 6.45) is 4.55. The van der Waals surface area contributed by atoms with Crippen molar-refractivity contribution in [2.45, 2.75) is 24.4 Å². The molecule has 0 spiro atoms. The van der Waals surface area contributed by atoms with Gasteiger partial charge in [-0.15, -0.1) is 0 Å². The molecule has 0 amide bonds. The molecule has 2 rings (SSSR count). The first-order chi connectivity index (χ1) is 9.53. The zero-order chi connectivity index (χ0) is 14.6. The number of pyridine rings is 2. The largest absolute Gasteiger partial charge is 0.325 e. The monoisotopic (exact) mass is 292 g/mol. The Kier molecular flexibility index (Phi) is 4.43. The van der Waals surface area contributed by atoms with Gasteiger partial charge in [-0.2, -0.15) is 0 Å². The van der Waals surface area contributed by atoms with Crippen molar-refractivity contribution in [3.05, 3.63) is 54.1 Å². The molecule has 20 heavy (non-hydrogen) atoms. The van der Waals surface area contributed by atoms with Crippen LogP contribution in [0.2, 0.25) is 0 Å². The van der Waals surface area contributed by atoms with Gasteiger partial charge in [-0.3, -0.25) is 9.97 Å². The molecule has 6 nitrogen and oxygen atoms in total. The van der Waals surface area contributed by atoms with Gasteiger partial charge in [-0.05, 0) is 36.8 Å². The molecule has 3 N–H and O–H groups in total. The first-order valence-corrected chi connectivity index (χ1v) is 7.58. The molecule has 7 heteroatoms. The summed E-state index contributed by atoms with van der Waals surface area (Å²) in [7, 11) is -3.61. The van der Waals surface area contributed by atoms with Crippen LogP contribution in [0, 0.1) is 0 Å². The molecule has 1 atom stereocenters. The van der Waals surface area contributed by atoms with Gasteiger partial charge < -0.3 is 5.73 Å². The number of nitrogens with two attached hydrogens (primary N) is 1. The van der Waals surface area contributed by atoms with E-state index in [2.05, 4.69) is 14.7 Å². The Labute approximate surface area is 118 Å². The summed E-state index contributed by atoms with van der Waals surface area (Å²) in [5, 5.41) is 0. The lowest BCUT2D eigenvalue weighted by molar-refractivity contribution is 0.566. The minimum absolute atomic E-state index is 0.121. The third-order valence-corrected chi connectivity index (χ3v) is 4.38. The fraction of sp³-hybridized carbons (Fsp3) is 0.231. The van der Waals surface area contributed by atoms with Crippen molar-refractivity contribution < 1.29 is 8.42 Å². The number of hydrogen-bond acceptors (Lipinski definition) is 5. The first kappa shape index (κ1) is 14.6. The van der Waals surface area contributed by atoms with Crippen molar-refractivity contribution in [2.24, 2.45) is 5.73 Å². The Bertz CT molecular complexity index is 657. The summed E-state index contributed by atoms with van der Waals surface area (Å²) < 4.78 is 27.0. The van der Waals surface area contributed by atoms with Gasteiger partial charge in [0.2, 0.25) is 10.0 Å². The molecule has 0 saturated heterocycles. The molecule has 0 radical (unpaired) electrons. The Morgan fingerprint density at radius 2 is 1.95 bits per heavy atom. The maximum absolute atomic E-state index is 12.2. The Hall–Kier alpha value is -1.83. The summed E-state index contributed by atoms with van der Waals surface area (Å²) >= 11 is 0. The highest BCUT2D eigenvalue weighted by Gasteiger charge is 2.18. The van der Waals surface area contributed by atoms with Crippen LogP contribution in [0.4, 0.5) is 0 Å². The van der Waals surface area contributed by atoms with Crippen LogP contribution < -0.4 is 10.5 Å². The number of nitrogens with one attached hydrogen (secondary N) is 1. The van der Waals surface area contributed by atoms with Crippen molar-refractivity contribution in [3.8, 4) is 0 Å². The van der Waals surface area contributed by atoms with Crippen LogP contribution >= 0.6 is 0 Å². The smallest absolute Gasteiger partial charge is 0.242 e. The number of aromatic nitrogens is 2. The Balaban J connectivity index is 2.18. The highest BCUT2D eigenvalue weighted by molar-refractivity contribution is 7.89. The number of nitrogens with zero attached hydrogens (tertiary/aromatic N) is 2. The second-order valence-corrected chi connectivity index (χ2v) is 6.03. The topological polar surface area (TPSA) is 98.0 Å². The quantitative estimate of drug-likeness (QED) is 0.856. The molecule has 0 aliphatic rings. The van der Waals surface area contributed by atoms with Gasteiger partial charge in [0.25, 0.3) is 0 Å². The zero-order valence-corrected chi connectivity index (χ0v) is 11.8. The zero-order valence-electron chi connectivity index (χ0n) is 11.0. The summed E-state index contributed by atoms with van der Waals surface area (Å²) in [5.41, 5.74) is 6.92. The van der Waals surface area contributed by atoms with Gasteiger partial charge >= 0.3 is 0 Å². The Morgan fingerprint density at radius 3 is 2.50 bits per heavy atom. The van der Waals surface area contributed by atoms with Crippen LogP contribution in [0.3, 0.4) is 0 Å². The van der Waals surface area contributed by atoms with Gasteiger partial charge in [0.15, 0.2) is 0 Å². The molecule has 0 saturated carbocycles. The van der Waals surface area contributed by atoms with Crippen LogP contribution in [0.15, 0.2) is 47.8 Å². The van der Waals surface area contributed by atoms with Gasteiger partial charge in [-0.25, -0.2) is 13.1 Å². The maximum atomic E-state index is 12.2. The normalized spacial score (nSPS) is 13.1. The lowest BCUT2D eigenvalue weighted by atomic mass is 10.1. The SMILES string of the molecule is CC(NS(=O)(=O)c1ccc(CN)nc1)c1ccncc1. The van der Waals surface area contributed by atoms with Crippen molar-refractivity contribution >= 4 is 10.0 Å². The molecule has 0 aromatic carbocycles. The van der Waals surface area contributed by atoms with E-state index < -0.39 is 10.0 Å². The average molecular weight is 292 g/mol. The van der Waals surface area contributed by atoms with E-state index in [4.69, 9.17) is 5.73 Å². The standard InChI is InChI=1S/C13H16N4O2S/c1-10(11-4-6-15-7-5-11)17-20(18,19)13-3-2-12(8-14)16-9-13/h2-7,9-10,17H,8,14H2,1H3. The molecular formula is C13H16N4O2S. The van der Waals surface area contributed by atoms with Crippen LogP contribution in [0.5, 0.6) is 0 Å². The molecule has 106 valence electrons. The van der Waals surface area contributed by atoms with Crippen LogP contribution in [-0.2, 0) is 16.6 Å². The summed E-state index contributed by atoms with van der Waals surface area (Å²) in [6.45, 7) is 2.05. The minimum atomic E-state index is -3.61. The Morgan fingerprint density at radius 1 is 1.25 bits per heavy atom. The average Bonchev–Trinajstić information content (AvgIpc) is 2.48. The van der Waals surface area contributed by atoms with Crippen LogP contribution in [-0.4, -0.2) is 18.4 Å². The van der Waals surface area contributed by atoms with E-state index in [-0.39, 0.29) is 17.5 Å². The summed E-state index contributed by atoms with van der Waals surface area (Å²) in [6, 6.07) is 6.28. The van der Waals surface area contributed by atoms with E-state index in [1.807, 2.05) is 0 Å². The number of sulfonamides is 1. The van der Waals surface area contributed by atoms with Crippen molar-refractivity contribution in [1.82, 2.24) is 14.7 Å². The number of hydrogen-bond donors (Lipinski definition) is 2. The summed E-state index contributed by atoms with van der Waals surface area (Å²) in [5.74, 6) is 0. The molecular weight excluding hydrogens is 276 g/mol. The van der Waals surface area contributed by atoms with Gasteiger partial charge in [0.1, 0.15) is 4.90 Å². The van der Waals surface area contributed by atoms with E-state index in [1.165, 1.54) is 12.3 Å². The highest BCUT2D eigenvalue weighted by atomic mass is 32.2. The van der Waals surface area contributed by atoms with E-state index in [1.54, 1.807) is 37.5 Å². The predicted octanol–water partition coefficient (Wildman–Crippen LogP) is 0.975. The van der Waals surface area contributed by atoms with Gasteiger partial charge in [0.05, 0.1) is 5.69 Å². The minimum Gasteiger partial charge on any atom is -0.325 e. The first-order valence-electron chi connectivity index (χ1n) is 6.10. The number of rotatable bonds is 5. The predicted molar refractivity (Wildman–Crippen MR) is 75.1 cm³/mol. The van der Waals surface area contributed by atoms with E-state index >= 15 is 0 Å². The van der Waals surface area contributed by atoms with Gasteiger partial charge in [-0.1, -0.05) is 0 Å². The van der Waals surface area contributed by atoms with E-state index in [0.717, 1.165) is 5.56 Å². The second kappa shape index (κ2) is 6.08. The van der Waals surface area contributed by atoms with E-state index in [9.17, 15) is 8.42 Å². The lowest BCUT2D eigenvalue weighted by Crippen LogP contribution is -2.27. The van der Waals surface area contributed by atoms with E-state index in [0.29, 0.717) is 5.69 Å². The highest BCUT2D eigenvalue weighted by Crippen LogP contribution is 2.15. The van der Waals surface area contributed by atoms with Crippen LogP contribution in [0.25, 0.3) is 0 Å². The molecule has 2 aromatic heterocycles.